The lowest BCUT2D eigenvalue weighted by Gasteiger charge is -2.18. The van der Waals surface area contributed by atoms with Crippen LogP contribution < -0.4 is 9.47 Å². The Morgan fingerprint density at radius 1 is 1.30 bits per heavy atom. The van der Waals surface area contributed by atoms with E-state index in [1.807, 2.05) is 6.92 Å². The maximum atomic E-state index is 11.4. The first-order chi connectivity index (χ1) is 11.2. The van der Waals surface area contributed by atoms with Crippen LogP contribution in [0, 0.1) is 0 Å². The molecule has 2 aromatic rings. The normalized spacial score (nSPS) is 13.9. The lowest BCUT2D eigenvalue weighted by atomic mass is 10.2. The maximum absolute atomic E-state index is 11.4. The molecule has 0 saturated carbocycles. The second-order valence-electron chi connectivity index (χ2n) is 4.63. The Hall–Kier alpha value is -2.48. The predicted octanol–water partition coefficient (Wildman–Crippen LogP) is 2.62. The van der Waals surface area contributed by atoms with Gasteiger partial charge >= 0.3 is 5.97 Å². The van der Waals surface area contributed by atoms with Gasteiger partial charge in [-0.1, -0.05) is 13.0 Å². The van der Waals surface area contributed by atoms with E-state index in [0.717, 1.165) is 11.8 Å². The number of carboxylic acids is 1. The molecule has 0 radical (unpaired) electrons. The summed E-state index contributed by atoms with van der Waals surface area (Å²) >= 11 is 0.914. The molecule has 1 aromatic carbocycles. The Balaban J connectivity index is 1.85. The third-order valence-electron chi connectivity index (χ3n) is 3.02. The van der Waals surface area contributed by atoms with Crippen molar-refractivity contribution in [2.75, 3.05) is 13.2 Å². The Labute approximate surface area is 136 Å². The summed E-state index contributed by atoms with van der Waals surface area (Å²) in [4.78, 5) is 11.5. The van der Waals surface area contributed by atoms with Crippen LogP contribution >= 0.6 is 11.8 Å². The molecule has 1 aromatic heterocycles. The van der Waals surface area contributed by atoms with Crippen molar-refractivity contribution in [3.8, 4) is 11.5 Å². The Kier molecular flexibility index (Phi) is 4.52. The smallest absolute Gasteiger partial charge is 0.342 e. The van der Waals surface area contributed by atoms with E-state index in [-0.39, 0.29) is 10.1 Å². The highest BCUT2D eigenvalue weighted by Crippen LogP contribution is 2.33. The molecule has 1 N–H and O–H groups in total. The third kappa shape index (κ3) is 3.65. The zero-order valence-electron chi connectivity index (χ0n) is 12.3. The first-order valence-electron chi connectivity index (χ1n) is 7.00. The molecule has 7 nitrogen and oxygen atoms in total. The van der Waals surface area contributed by atoms with Crippen LogP contribution in [-0.4, -0.2) is 34.5 Å². The van der Waals surface area contributed by atoms with E-state index in [9.17, 15) is 9.90 Å². The fourth-order valence-corrected chi connectivity index (χ4v) is 2.64. The van der Waals surface area contributed by atoms with Gasteiger partial charge in [0.2, 0.25) is 5.89 Å². The number of thioether (sulfide) groups is 1. The van der Waals surface area contributed by atoms with E-state index in [4.69, 9.17) is 13.9 Å². The van der Waals surface area contributed by atoms with Gasteiger partial charge in [-0.25, -0.2) is 4.79 Å². The number of aromatic nitrogens is 2. The van der Waals surface area contributed by atoms with Crippen molar-refractivity contribution in [3.05, 3.63) is 34.6 Å². The summed E-state index contributed by atoms with van der Waals surface area (Å²) in [5.41, 5.74) is 0.689. The van der Waals surface area contributed by atoms with Crippen molar-refractivity contribution < 1.29 is 23.8 Å². The highest BCUT2D eigenvalue weighted by Gasteiger charge is 2.16. The lowest BCUT2D eigenvalue weighted by molar-refractivity contribution is -0.131. The molecule has 1 aliphatic rings. The number of aryl methyl sites for hydroxylation is 1. The standard InChI is InChI=1S/C15H14N2O5S/c1-2-13-16-17-15(22-13)23-12(14(18)19)8-9-3-4-10-11(7-9)21-6-5-20-10/h3-4,7-8H,2,5-6H2,1H3,(H,18,19)/b12-8-. The van der Waals surface area contributed by atoms with Crippen molar-refractivity contribution in [1.29, 1.82) is 0 Å². The number of nitrogens with zero attached hydrogens (tertiary/aromatic N) is 2. The van der Waals surface area contributed by atoms with Gasteiger partial charge in [-0.05, 0) is 35.5 Å². The first-order valence-corrected chi connectivity index (χ1v) is 7.82. The summed E-state index contributed by atoms with van der Waals surface area (Å²) in [5, 5.41) is 17.2. The minimum Gasteiger partial charge on any atom is -0.486 e. The topological polar surface area (TPSA) is 94.7 Å². The molecule has 0 amide bonds. The summed E-state index contributed by atoms with van der Waals surface area (Å²) in [7, 11) is 0. The molecule has 120 valence electrons. The zero-order valence-corrected chi connectivity index (χ0v) is 13.1. The van der Waals surface area contributed by atoms with E-state index >= 15 is 0 Å². The summed E-state index contributed by atoms with van der Waals surface area (Å²) in [6.45, 7) is 2.86. The number of benzene rings is 1. The average molecular weight is 334 g/mol. The fourth-order valence-electron chi connectivity index (χ4n) is 1.95. The summed E-state index contributed by atoms with van der Waals surface area (Å²) in [5.74, 6) is 0.658. The second-order valence-corrected chi connectivity index (χ2v) is 5.63. The minimum atomic E-state index is -1.07. The van der Waals surface area contributed by atoms with Gasteiger partial charge in [0.1, 0.15) is 18.1 Å². The summed E-state index contributed by atoms with van der Waals surface area (Å²) in [6, 6.07) is 5.26. The van der Waals surface area contributed by atoms with Crippen LogP contribution in [0.1, 0.15) is 18.4 Å². The fraction of sp³-hybridized carbons (Fsp3) is 0.267. The van der Waals surface area contributed by atoms with Gasteiger partial charge in [-0.15, -0.1) is 10.2 Å². The van der Waals surface area contributed by atoms with E-state index in [0.29, 0.717) is 42.6 Å². The van der Waals surface area contributed by atoms with Crippen molar-refractivity contribution in [3.63, 3.8) is 0 Å². The minimum absolute atomic E-state index is 0.0768. The number of carbonyl (C=O) groups is 1. The van der Waals surface area contributed by atoms with E-state index in [1.165, 1.54) is 6.08 Å². The van der Waals surface area contributed by atoms with Crippen LogP contribution in [0.4, 0.5) is 0 Å². The lowest BCUT2D eigenvalue weighted by Crippen LogP contribution is -2.15. The van der Waals surface area contributed by atoms with Crippen LogP contribution in [0.2, 0.25) is 0 Å². The molecular weight excluding hydrogens is 320 g/mol. The molecule has 8 heteroatoms. The second kappa shape index (κ2) is 6.74. The van der Waals surface area contributed by atoms with Gasteiger partial charge in [0.05, 0.1) is 0 Å². The quantitative estimate of drug-likeness (QED) is 0.658. The zero-order chi connectivity index (χ0) is 16.2. The predicted molar refractivity (Wildman–Crippen MR) is 82.6 cm³/mol. The highest BCUT2D eigenvalue weighted by atomic mass is 32.2. The molecule has 3 rings (SSSR count). The average Bonchev–Trinajstić information content (AvgIpc) is 3.02. The third-order valence-corrected chi connectivity index (χ3v) is 3.87. The largest absolute Gasteiger partial charge is 0.486 e. The van der Waals surface area contributed by atoms with Crippen LogP contribution in [0.25, 0.3) is 6.08 Å². The molecule has 0 saturated heterocycles. The molecule has 0 atom stereocenters. The molecule has 23 heavy (non-hydrogen) atoms. The van der Waals surface area contributed by atoms with Crippen molar-refractivity contribution in [2.45, 2.75) is 18.6 Å². The molecule has 0 aliphatic carbocycles. The number of carboxylic acid groups (broad SMARTS) is 1. The van der Waals surface area contributed by atoms with Crippen LogP contribution in [-0.2, 0) is 11.2 Å². The van der Waals surface area contributed by atoms with Crippen molar-refractivity contribution in [2.24, 2.45) is 0 Å². The molecule has 0 unspecified atom stereocenters. The maximum Gasteiger partial charge on any atom is 0.342 e. The SMILES string of the molecule is CCc1nnc(S/C(=C\c2ccc3c(c2)OCCO3)C(=O)O)o1. The van der Waals surface area contributed by atoms with E-state index < -0.39 is 5.97 Å². The van der Waals surface area contributed by atoms with E-state index in [1.54, 1.807) is 18.2 Å². The first kappa shape index (κ1) is 15.4. The molecule has 0 spiro atoms. The van der Waals surface area contributed by atoms with Gasteiger partial charge in [0, 0.05) is 6.42 Å². The molecular formula is C15H14N2O5S. The number of fused-ring (bicyclic) bond motifs is 1. The Bertz CT molecular complexity index is 756. The van der Waals surface area contributed by atoms with Gasteiger partial charge < -0.3 is 19.0 Å². The van der Waals surface area contributed by atoms with Gasteiger partial charge in [0.15, 0.2) is 11.5 Å². The number of aliphatic carboxylic acids is 1. The number of ether oxygens (including phenoxy) is 2. The Morgan fingerprint density at radius 2 is 2.09 bits per heavy atom. The molecule has 1 aliphatic heterocycles. The van der Waals surface area contributed by atoms with Crippen molar-refractivity contribution in [1.82, 2.24) is 10.2 Å². The molecule has 2 heterocycles. The summed E-state index contributed by atoms with van der Waals surface area (Å²) < 4.78 is 16.3. The van der Waals surface area contributed by atoms with Crippen LogP contribution in [0.5, 0.6) is 11.5 Å². The van der Waals surface area contributed by atoms with Crippen LogP contribution in [0.15, 0.2) is 32.7 Å². The molecule has 0 bridgehead atoms. The number of hydrogen-bond acceptors (Lipinski definition) is 7. The van der Waals surface area contributed by atoms with Crippen molar-refractivity contribution >= 4 is 23.8 Å². The van der Waals surface area contributed by atoms with Gasteiger partial charge in [0.25, 0.3) is 5.22 Å². The Morgan fingerprint density at radius 3 is 2.78 bits per heavy atom. The highest BCUT2D eigenvalue weighted by molar-refractivity contribution is 8.03. The van der Waals surface area contributed by atoms with Gasteiger partial charge in [-0.3, -0.25) is 0 Å². The van der Waals surface area contributed by atoms with E-state index in [2.05, 4.69) is 10.2 Å². The monoisotopic (exact) mass is 334 g/mol. The number of rotatable bonds is 5. The van der Waals surface area contributed by atoms with Crippen LogP contribution in [0.3, 0.4) is 0 Å². The molecule has 0 fully saturated rings. The summed E-state index contributed by atoms with van der Waals surface area (Å²) in [6.07, 6.45) is 2.13. The number of hydrogen-bond donors (Lipinski definition) is 1. The van der Waals surface area contributed by atoms with Gasteiger partial charge in [-0.2, -0.15) is 0 Å².